The van der Waals surface area contributed by atoms with Gasteiger partial charge in [-0.1, -0.05) is 129 Å². The third-order valence-electron chi connectivity index (χ3n) is 6.75. The Labute approximate surface area is 230 Å². The Morgan fingerprint density at radius 3 is 1.26 bits per heavy atom. The standard InChI is InChI=1S/C30H56O8/c1-2-3-4-5-6-7-8-9-10-11-12-13-14-15-16-17-18-19-20-21-22-28(33)37-24-26(31)25-38-29(34)23-27(32)30(35)36/h26-27,31-32H,2-25H2,1H3,(H,35,36)/t26?,27-/m1/s1. The first-order valence-corrected chi connectivity index (χ1v) is 15.3. The van der Waals surface area contributed by atoms with Gasteiger partial charge >= 0.3 is 17.9 Å². The fourth-order valence-corrected chi connectivity index (χ4v) is 4.33. The highest BCUT2D eigenvalue weighted by atomic mass is 16.6. The lowest BCUT2D eigenvalue weighted by molar-refractivity contribution is -0.159. The minimum absolute atomic E-state index is 0.288. The van der Waals surface area contributed by atoms with Crippen molar-refractivity contribution < 1.29 is 39.2 Å². The molecule has 0 aromatic heterocycles. The summed E-state index contributed by atoms with van der Waals surface area (Å²) in [6, 6.07) is 0. The molecular formula is C30H56O8. The van der Waals surface area contributed by atoms with Crippen molar-refractivity contribution in [1.82, 2.24) is 0 Å². The second-order valence-electron chi connectivity index (χ2n) is 10.5. The molecule has 8 nitrogen and oxygen atoms in total. The van der Waals surface area contributed by atoms with E-state index >= 15 is 0 Å². The first-order chi connectivity index (χ1) is 18.4. The van der Waals surface area contributed by atoms with Gasteiger partial charge in [0.15, 0.2) is 6.10 Å². The van der Waals surface area contributed by atoms with Crippen LogP contribution in [0.5, 0.6) is 0 Å². The normalized spacial score (nSPS) is 12.7. The van der Waals surface area contributed by atoms with Crippen LogP contribution >= 0.6 is 0 Å². The summed E-state index contributed by atoms with van der Waals surface area (Å²) in [6.45, 7) is 1.54. The molecule has 0 heterocycles. The smallest absolute Gasteiger partial charge is 0.333 e. The maximum atomic E-state index is 11.8. The van der Waals surface area contributed by atoms with Gasteiger partial charge in [-0.3, -0.25) is 9.59 Å². The van der Waals surface area contributed by atoms with E-state index in [9.17, 15) is 19.5 Å². The molecule has 38 heavy (non-hydrogen) atoms. The van der Waals surface area contributed by atoms with Gasteiger partial charge in [0, 0.05) is 6.42 Å². The van der Waals surface area contributed by atoms with Gasteiger partial charge in [-0.05, 0) is 6.42 Å². The number of carboxylic acid groups (broad SMARTS) is 1. The van der Waals surface area contributed by atoms with Gasteiger partial charge in [0.25, 0.3) is 0 Å². The Morgan fingerprint density at radius 1 is 0.553 bits per heavy atom. The van der Waals surface area contributed by atoms with Crippen molar-refractivity contribution in [3.05, 3.63) is 0 Å². The van der Waals surface area contributed by atoms with Crippen molar-refractivity contribution >= 4 is 17.9 Å². The van der Waals surface area contributed by atoms with Crippen molar-refractivity contribution in [2.24, 2.45) is 0 Å². The van der Waals surface area contributed by atoms with Crippen LogP contribution in [-0.4, -0.2) is 58.6 Å². The highest BCUT2D eigenvalue weighted by Crippen LogP contribution is 2.15. The molecule has 0 saturated heterocycles. The van der Waals surface area contributed by atoms with Gasteiger partial charge in [-0.25, -0.2) is 4.79 Å². The molecule has 224 valence electrons. The molecule has 0 aliphatic rings. The molecule has 8 heteroatoms. The van der Waals surface area contributed by atoms with Crippen LogP contribution in [0.15, 0.2) is 0 Å². The number of ether oxygens (including phenoxy) is 2. The third kappa shape index (κ3) is 26.0. The first kappa shape index (κ1) is 36.3. The molecule has 3 N–H and O–H groups in total. The predicted molar refractivity (Wildman–Crippen MR) is 149 cm³/mol. The maximum absolute atomic E-state index is 11.8. The van der Waals surface area contributed by atoms with Crippen LogP contribution in [0.2, 0.25) is 0 Å². The van der Waals surface area contributed by atoms with Crippen LogP contribution in [0.4, 0.5) is 0 Å². The van der Waals surface area contributed by atoms with E-state index in [1.165, 1.54) is 109 Å². The van der Waals surface area contributed by atoms with Crippen molar-refractivity contribution in [3.8, 4) is 0 Å². The number of hydrogen-bond donors (Lipinski definition) is 3. The largest absolute Gasteiger partial charge is 0.479 e. The number of aliphatic hydroxyl groups excluding tert-OH is 2. The molecule has 0 aromatic carbocycles. The fourth-order valence-electron chi connectivity index (χ4n) is 4.33. The number of aliphatic hydroxyl groups is 2. The highest BCUT2D eigenvalue weighted by molar-refractivity contribution is 5.80. The minimum atomic E-state index is -1.85. The Morgan fingerprint density at radius 2 is 0.895 bits per heavy atom. The van der Waals surface area contributed by atoms with Gasteiger partial charge in [-0.15, -0.1) is 0 Å². The average molecular weight is 545 g/mol. The van der Waals surface area contributed by atoms with Crippen molar-refractivity contribution in [1.29, 1.82) is 0 Å². The minimum Gasteiger partial charge on any atom is -0.479 e. The van der Waals surface area contributed by atoms with Crippen LogP contribution in [0, 0.1) is 0 Å². The molecule has 0 aliphatic heterocycles. The molecule has 0 bridgehead atoms. The van der Waals surface area contributed by atoms with Gasteiger partial charge < -0.3 is 24.8 Å². The van der Waals surface area contributed by atoms with E-state index in [2.05, 4.69) is 11.7 Å². The number of rotatable bonds is 28. The molecule has 0 spiro atoms. The molecular weight excluding hydrogens is 488 g/mol. The molecule has 0 rings (SSSR count). The molecule has 0 aliphatic carbocycles. The number of hydrogen-bond acceptors (Lipinski definition) is 7. The third-order valence-corrected chi connectivity index (χ3v) is 6.75. The second-order valence-corrected chi connectivity index (χ2v) is 10.5. The Bertz CT molecular complexity index is 581. The number of carboxylic acids is 1. The van der Waals surface area contributed by atoms with Gasteiger partial charge in [0.2, 0.25) is 0 Å². The Balaban J connectivity index is 3.35. The SMILES string of the molecule is CCCCCCCCCCCCCCCCCCCCCCC(=O)OCC(O)COC(=O)C[C@@H](O)C(=O)O. The van der Waals surface area contributed by atoms with E-state index in [0.717, 1.165) is 19.3 Å². The quantitative estimate of drug-likeness (QED) is 0.0753. The number of esters is 2. The summed E-state index contributed by atoms with van der Waals surface area (Å²) in [6.07, 6.45) is 22.5. The van der Waals surface area contributed by atoms with Crippen molar-refractivity contribution in [3.63, 3.8) is 0 Å². The summed E-state index contributed by atoms with van der Waals surface area (Å²) >= 11 is 0. The van der Waals surface area contributed by atoms with E-state index in [1.54, 1.807) is 0 Å². The predicted octanol–water partition coefficient (Wildman–Crippen LogP) is 6.48. The van der Waals surface area contributed by atoms with Gasteiger partial charge in [0.05, 0.1) is 6.42 Å². The van der Waals surface area contributed by atoms with Crippen LogP contribution in [0.3, 0.4) is 0 Å². The second kappa shape index (κ2) is 26.9. The molecule has 0 amide bonds. The zero-order chi connectivity index (χ0) is 28.3. The maximum Gasteiger partial charge on any atom is 0.333 e. The van der Waals surface area contributed by atoms with E-state index in [-0.39, 0.29) is 13.0 Å². The van der Waals surface area contributed by atoms with Crippen LogP contribution in [0.1, 0.15) is 148 Å². The summed E-state index contributed by atoms with van der Waals surface area (Å²) in [5.41, 5.74) is 0. The molecule has 0 saturated carbocycles. The molecule has 0 fully saturated rings. The zero-order valence-electron chi connectivity index (χ0n) is 24.0. The first-order valence-electron chi connectivity index (χ1n) is 15.3. The Kier molecular flexibility index (Phi) is 25.7. The van der Waals surface area contributed by atoms with E-state index in [1.807, 2.05) is 0 Å². The number of carbonyl (C=O) groups is 3. The lowest BCUT2D eigenvalue weighted by Gasteiger charge is -2.12. The molecule has 2 atom stereocenters. The van der Waals surface area contributed by atoms with Crippen LogP contribution < -0.4 is 0 Å². The Hall–Kier alpha value is -1.67. The zero-order valence-corrected chi connectivity index (χ0v) is 24.0. The van der Waals surface area contributed by atoms with Gasteiger partial charge in [-0.2, -0.15) is 0 Å². The van der Waals surface area contributed by atoms with E-state index < -0.39 is 43.1 Å². The highest BCUT2D eigenvalue weighted by Gasteiger charge is 2.20. The number of unbranched alkanes of at least 4 members (excludes halogenated alkanes) is 19. The topological polar surface area (TPSA) is 130 Å². The lowest BCUT2D eigenvalue weighted by Crippen LogP contribution is -2.28. The number of carbonyl (C=O) groups excluding carboxylic acids is 2. The molecule has 0 aromatic rings. The monoisotopic (exact) mass is 544 g/mol. The summed E-state index contributed by atoms with van der Waals surface area (Å²) in [4.78, 5) is 33.6. The van der Waals surface area contributed by atoms with Crippen LogP contribution in [0.25, 0.3) is 0 Å². The summed E-state index contributed by atoms with van der Waals surface area (Å²) in [5.74, 6) is -2.88. The molecule has 1 unspecified atom stereocenters. The fraction of sp³-hybridized carbons (Fsp3) is 0.900. The van der Waals surface area contributed by atoms with E-state index in [4.69, 9.17) is 14.9 Å². The summed E-state index contributed by atoms with van der Waals surface area (Å²) < 4.78 is 9.63. The number of aliphatic carboxylic acids is 1. The summed E-state index contributed by atoms with van der Waals surface area (Å²) in [5, 5.41) is 27.3. The summed E-state index contributed by atoms with van der Waals surface area (Å²) in [7, 11) is 0. The van der Waals surface area contributed by atoms with Crippen LogP contribution in [-0.2, 0) is 23.9 Å². The molecule has 0 radical (unpaired) electrons. The lowest BCUT2D eigenvalue weighted by atomic mass is 10.0. The van der Waals surface area contributed by atoms with Crippen molar-refractivity contribution in [2.75, 3.05) is 13.2 Å². The van der Waals surface area contributed by atoms with Gasteiger partial charge in [0.1, 0.15) is 19.3 Å². The van der Waals surface area contributed by atoms with Crippen molar-refractivity contribution in [2.45, 2.75) is 160 Å². The average Bonchev–Trinajstić information content (AvgIpc) is 2.89. The van der Waals surface area contributed by atoms with E-state index in [0.29, 0.717) is 0 Å².